The predicted molar refractivity (Wildman–Crippen MR) is 334 cm³/mol. The number of aliphatic hydroxyl groups excluding tert-OH is 1. The Balaban J connectivity index is 0.948. The zero-order valence-corrected chi connectivity index (χ0v) is 52.6. The summed E-state index contributed by atoms with van der Waals surface area (Å²) in [5.74, 6) is 3.27. The van der Waals surface area contributed by atoms with Crippen LogP contribution in [0.5, 0.6) is 0 Å². The highest BCUT2D eigenvalue weighted by molar-refractivity contribution is 5.80. The maximum atomic E-state index is 13.4. The van der Waals surface area contributed by atoms with Crippen molar-refractivity contribution in [2.45, 2.75) is 186 Å². The number of aliphatic hydroxyl groups is 1. The number of ether oxygens (including phenoxy) is 3. The van der Waals surface area contributed by atoms with Crippen molar-refractivity contribution in [1.82, 2.24) is 65.4 Å². The number of hydrogen-bond donors (Lipinski definition) is 6. The number of anilines is 3. The monoisotopic (exact) mass is 1230 g/mol. The van der Waals surface area contributed by atoms with Gasteiger partial charge in [-0.3, -0.25) is 24.0 Å². The van der Waals surface area contributed by atoms with Crippen LogP contribution in [0.25, 0.3) is 0 Å². The van der Waals surface area contributed by atoms with E-state index in [0.717, 1.165) is 116 Å². The van der Waals surface area contributed by atoms with Crippen molar-refractivity contribution in [1.29, 1.82) is 0 Å². The van der Waals surface area contributed by atoms with Gasteiger partial charge >= 0.3 is 5.97 Å². The number of hydrogen-bond acceptors (Lipinski definition) is 20. The molecular formula is C61H103N17O10. The van der Waals surface area contributed by atoms with Gasteiger partial charge in [-0.2, -0.15) is 15.0 Å². The molecule has 2 saturated heterocycles. The number of carboxylic acids is 1. The number of terminal acetylenes is 1. The van der Waals surface area contributed by atoms with Crippen molar-refractivity contribution in [3.05, 3.63) is 23.8 Å². The molecule has 0 saturated carbocycles. The quantitative estimate of drug-likeness (QED) is 0.0342. The summed E-state index contributed by atoms with van der Waals surface area (Å²) in [7, 11) is 0. The van der Waals surface area contributed by atoms with Crippen molar-refractivity contribution in [3.63, 3.8) is 0 Å². The molecule has 2 aliphatic rings. The maximum absolute atomic E-state index is 13.4. The van der Waals surface area contributed by atoms with E-state index in [2.05, 4.69) is 52.3 Å². The average Bonchev–Trinajstić information content (AvgIpc) is 3.68. The van der Waals surface area contributed by atoms with Gasteiger partial charge in [0.15, 0.2) is 0 Å². The lowest BCUT2D eigenvalue weighted by atomic mass is 10.1. The Labute approximate surface area is 520 Å². The fraction of sp³-hybridized carbons (Fsp3) is 0.770. The van der Waals surface area contributed by atoms with Crippen LogP contribution in [0.1, 0.15) is 172 Å². The van der Waals surface area contributed by atoms with E-state index in [1.807, 2.05) is 9.80 Å². The zero-order valence-electron chi connectivity index (χ0n) is 52.6. The van der Waals surface area contributed by atoms with Crippen LogP contribution in [0.4, 0.5) is 17.8 Å². The van der Waals surface area contributed by atoms with Crippen LogP contribution in [0, 0.1) is 12.3 Å². The fourth-order valence-corrected chi connectivity index (χ4v) is 10.5. The molecule has 2 atom stereocenters. The number of aryl methyl sites for hydroxylation is 1. The molecule has 4 amide bonds. The highest BCUT2D eigenvalue weighted by atomic mass is 16.5. The number of nitrogens with zero attached hydrogens (tertiary/aromatic N) is 13. The summed E-state index contributed by atoms with van der Waals surface area (Å²) >= 11 is 0. The van der Waals surface area contributed by atoms with Gasteiger partial charge in [0.1, 0.15) is 19.2 Å². The minimum absolute atomic E-state index is 0.0603. The Hall–Kier alpha value is -6.60. The third kappa shape index (κ3) is 30.1. The first kappa shape index (κ1) is 72.1. The molecule has 0 spiro atoms. The van der Waals surface area contributed by atoms with Gasteiger partial charge in [0.25, 0.3) is 0 Å². The van der Waals surface area contributed by atoms with E-state index in [1.165, 1.54) is 4.68 Å². The molecule has 5 rings (SSSR count). The molecule has 3 aromatic rings. The van der Waals surface area contributed by atoms with Crippen molar-refractivity contribution in [2.24, 2.45) is 5.73 Å². The van der Waals surface area contributed by atoms with E-state index in [0.29, 0.717) is 179 Å². The lowest BCUT2D eigenvalue weighted by Crippen LogP contribution is -2.50. The van der Waals surface area contributed by atoms with Crippen LogP contribution >= 0.6 is 0 Å². The fourth-order valence-electron chi connectivity index (χ4n) is 10.5. The molecule has 88 heavy (non-hydrogen) atoms. The third-order valence-electron chi connectivity index (χ3n) is 15.5. The number of carboxylic acid groups (broad SMARTS) is 1. The van der Waals surface area contributed by atoms with Crippen LogP contribution in [0.3, 0.4) is 0 Å². The Bertz CT molecular complexity index is 2480. The van der Waals surface area contributed by atoms with E-state index >= 15 is 0 Å². The van der Waals surface area contributed by atoms with Gasteiger partial charge in [0.05, 0.1) is 50.5 Å². The first-order valence-corrected chi connectivity index (χ1v) is 32.6. The van der Waals surface area contributed by atoms with Crippen LogP contribution in [-0.4, -0.2) is 219 Å². The van der Waals surface area contributed by atoms with Crippen LogP contribution in [-0.2, 0) is 57.6 Å². The molecule has 2 unspecified atom stereocenters. The molecular weight excluding hydrogens is 1130 g/mol. The normalized spacial score (nSPS) is 14.2. The van der Waals surface area contributed by atoms with Crippen molar-refractivity contribution < 1.29 is 48.4 Å². The third-order valence-corrected chi connectivity index (χ3v) is 15.5. The molecule has 0 aromatic carbocycles. The summed E-state index contributed by atoms with van der Waals surface area (Å²) in [4.78, 5) is 85.8. The van der Waals surface area contributed by atoms with Crippen molar-refractivity contribution in [2.75, 3.05) is 133 Å². The van der Waals surface area contributed by atoms with E-state index in [1.54, 1.807) is 24.0 Å². The number of nitrogens with one attached hydrogen (secondary N) is 3. The minimum Gasteiger partial charge on any atom is -0.481 e. The molecule has 0 radical (unpaired) electrons. The van der Waals surface area contributed by atoms with E-state index < -0.39 is 18.1 Å². The SMILES string of the molecule is C#CCOCCOCCOCCNc1nc(N2CCN(C(=O)CCCCCCCCCCNC(=O)Cn3cc(CC(C)O)nn3)CC2)nc(N2CCN(C(=O)CCCCCCCCCCNC(=O)C(CCCCN)n3cc(CCCC(=O)O)nn3)CC2)n1. The van der Waals surface area contributed by atoms with Gasteiger partial charge in [-0.25, -0.2) is 9.36 Å². The predicted octanol–water partition coefficient (Wildman–Crippen LogP) is 4.10. The highest BCUT2D eigenvalue weighted by Gasteiger charge is 2.27. The number of carbonyl (C=O) groups excluding carboxylic acids is 4. The molecule has 27 heteroatoms. The molecule has 0 bridgehead atoms. The molecule has 7 N–H and O–H groups in total. The second-order valence-corrected chi connectivity index (χ2v) is 22.9. The second kappa shape index (κ2) is 43.9. The Morgan fingerprint density at radius 2 is 1.15 bits per heavy atom. The van der Waals surface area contributed by atoms with Gasteiger partial charge < -0.3 is 65.7 Å². The zero-order chi connectivity index (χ0) is 62.8. The number of aromatic nitrogens is 9. The molecule has 492 valence electrons. The minimum atomic E-state index is -0.848. The molecule has 5 heterocycles. The van der Waals surface area contributed by atoms with Crippen LogP contribution in [0.2, 0.25) is 0 Å². The number of nitrogens with two attached hydrogens (primary N) is 1. The number of aliphatic carboxylic acids is 1. The van der Waals surface area contributed by atoms with E-state index in [-0.39, 0.29) is 43.2 Å². The number of unbranched alkanes of at least 4 members (excludes halogenated alkanes) is 15. The largest absolute Gasteiger partial charge is 0.481 e. The molecule has 2 fully saturated rings. The van der Waals surface area contributed by atoms with Gasteiger partial charge in [-0.05, 0) is 71.3 Å². The van der Waals surface area contributed by atoms with Crippen molar-refractivity contribution >= 4 is 47.4 Å². The molecule has 0 aliphatic carbocycles. The summed E-state index contributed by atoms with van der Waals surface area (Å²) in [6, 6.07) is -0.483. The smallest absolute Gasteiger partial charge is 0.303 e. The maximum Gasteiger partial charge on any atom is 0.303 e. The summed E-state index contributed by atoms with van der Waals surface area (Å²) < 4.78 is 19.7. The van der Waals surface area contributed by atoms with Gasteiger partial charge in [0.2, 0.25) is 41.5 Å². The van der Waals surface area contributed by atoms with Gasteiger partial charge in [0, 0.05) is 110 Å². The Kier molecular flexibility index (Phi) is 36.0. The van der Waals surface area contributed by atoms with Gasteiger partial charge in [-0.1, -0.05) is 93.4 Å². The topological polar surface area (TPSA) is 329 Å². The standard InChI is InChI=1S/C61H103N17O10/c1-3-40-86-42-44-88-45-43-87-41-31-65-59-66-60(75-36-32-73(33-37-75)55(81)25-16-12-8-4-6-10-14-20-29-63-54(80)49-77-47-52(70-71-77)46-50(2)79)68-61(67-59)76-38-34-74(35-39-76)56(82)26-17-13-9-5-7-11-15-21-30-64-58(85)53(24-18-19-28-62)78-48-51(69-72-78)23-22-27-57(83)84/h1,47-48,50,53,79H,4-46,49,62H2,2H3,(H,63,80)(H,64,85)(H,83,84)(H,65,66,67,68). The van der Waals surface area contributed by atoms with Gasteiger partial charge in [-0.15, -0.1) is 16.6 Å². The first-order chi connectivity index (χ1) is 42.9. The first-order valence-electron chi connectivity index (χ1n) is 32.6. The summed E-state index contributed by atoms with van der Waals surface area (Å²) in [5, 5.41) is 44.1. The Morgan fingerprint density at radius 1 is 0.614 bits per heavy atom. The average molecular weight is 1230 g/mol. The molecule has 3 aromatic heterocycles. The number of rotatable bonds is 49. The van der Waals surface area contributed by atoms with Crippen molar-refractivity contribution in [3.8, 4) is 12.3 Å². The molecule has 2 aliphatic heterocycles. The number of piperazine rings is 2. The Morgan fingerprint density at radius 3 is 1.70 bits per heavy atom. The van der Waals surface area contributed by atoms with Crippen LogP contribution in [0.15, 0.2) is 12.4 Å². The summed E-state index contributed by atoms with van der Waals surface area (Å²) in [6.45, 7) is 11.1. The summed E-state index contributed by atoms with van der Waals surface area (Å²) in [6.07, 6.45) is 29.3. The second-order valence-electron chi connectivity index (χ2n) is 22.9. The van der Waals surface area contributed by atoms with E-state index in [4.69, 9.17) is 46.4 Å². The molecule has 27 nitrogen and oxygen atoms in total. The van der Waals surface area contributed by atoms with E-state index in [9.17, 15) is 29.1 Å². The number of amides is 4. The summed E-state index contributed by atoms with van der Waals surface area (Å²) in [5.41, 5.74) is 7.04. The lowest BCUT2D eigenvalue weighted by Gasteiger charge is -2.36. The number of carbonyl (C=O) groups is 5. The van der Waals surface area contributed by atoms with Crippen LogP contribution < -0.4 is 31.5 Å². The lowest BCUT2D eigenvalue weighted by molar-refractivity contribution is -0.137. The highest BCUT2D eigenvalue weighted by Crippen LogP contribution is 2.22.